The van der Waals surface area contributed by atoms with Crippen molar-refractivity contribution in [2.45, 2.75) is 19.5 Å². The average Bonchev–Trinajstić information content (AvgIpc) is 2.17. The fourth-order valence-electron chi connectivity index (χ4n) is 1.15. The van der Waals surface area contributed by atoms with Crippen LogP contribution in [0.5, 0.6) is 0 Å². The van der Waals surface area contributed by atoms with E-state index in [9.17, 15) is 4.79 Å². The number of amides is 1. The lowest BCUT2D eigenvalue weighted by Gasteiger charge is -2.08. The summed E-state index contributed by atoms with van der Waals surface area (Å²) in [7, 11) is 0. The first-order valence-electron chi connectivity index (χ1n) is 4.77. The molecule has 1 rings (SSSR count). The fraction of sp³-hybridized carbons (Fsp3) is 0.400. The van der Waals surface area contributed by atoms with E-state index in [1.54, 1.807) is 0 Å². The van der Waals surface area contributed by atoms with Crippen molar-refractivity contribution in [2.24, 2.45) is 11.5 Å². The quantitative estimate of drug-likeness (QED) is 0.596. The van der Waals surface area contributed by atoms with E-state index in [0.717, 1.165) is 11.4 Å². The third-order valence-electron chi connectivity index (χ3n) is 1.98. The maximum Gasteiger partial charge on any atom is 0.235 e. The number of hydrogen-bond acceptors (Lipinski definition) is 4. The van der Waals surface area contributed by atoms with Crippen LogP contribution >= 0.6 is 0 Å². The van der Waals surface area contributed by atoms with Crippen molar-refractivity contribution in [3.8, 4) is 0 Å². The van der Waals surface area contributed by atoms with Gasteiger partial charge in [-0.3, -0.25) is 9.78 Å². The molecule has 5 nitrogen and oxygen atoms in total. The molecule has 0 saturated carbocycles. The molecule has 0 aliphatic carbocycles. The minimum atomic E-state index is -0.644. The molecule has 1 aromatic heterocycles. The summed E-state index contributed by atoms with van der Waals surface area (Å²) in [5.41, 5.74) is 12.4. The van der Waals surface area contributed by atoms with Crippen LogP contribution in [0.25, 0.3) is 0 Å². The number of nitrogens with zero attached hydrogens (tertiary/aromatic N) is 1. The number of hydrogen-bond donors (Lipinski definition) is 3. The van der Waals surface area contributed by atoms with E-state index in [0.29, 0.717) is 13.1 Å². The molecule has 0 bridgehead atoms. The molecule has 1 unspecified atom stereocenters. The molecule has 15 heavy (non-hydrogen) atoms. The van der Waals surface area contributed by atoms with Gasteiger partial charge in [-0.15, -0.1) is 0 Å². The number of aromatic nitrogens is 1. The Morgan fingerprint density at radius 3 is 2.93 bits per heavy atom. The van der Waals surface area contributed by atoms with Crippen LogP contribution in [0.15, 0.2) is 18.2 Å². The van der Waals surface area contributed by atoms with Gasteiger partial charge in [-0.1, -0.05) is 6.07 Å². The maximum atomic E-state index is 10.6. The topological polar surface area (TPSA) is 94.0 Å². The summed E-state index contributed by atoms with van der Waals surface area (Å²) >= 11 is 0. The molecule has 0 saturated heterocycles. The van der Waals surface area contributed by atoms with Gasteiger partial charge >= 0.3 is 0 Å². The average molecular weight is 208 g/mol. The lowest BCUT2D eigenvalue weighted by molar-refractivity contribution is -0.119. The highest BCUT2D eigenvalue weighted by Crippen LogP contribution is 1.97. The van der Waals surface area contributed by atoms with Gasteiger partial charge < -0.3 is 16.8 Å². The van der Waals surface area contributed by atoms with Gasteiger partial charge in [-0.2, -0.15) is 0 Å². The largest absolute Gasteiger partial charge is 0.368 e. The van der Waals surface area contributed by atoms with Gasteiger partial charge in [0.1, 0.15) is 0 Å². The molecule has 1 atom stereocenters. The second kappa shape index (κ2) is 5.43. The first-order valence-corrected chi connectivity index (χ1v) is 4.77. The summed E-state index contributed by atoms with van der Waals surface area (Å²) in [4.78, 5) is 14.9. The lowest BCUT2D eigenvalue weighted by atomic mass is 10.3. The van der Waals surface area contributed by atoms with Crippen molar-refractivity contribution in [1.29, 1.82) is 0 Å². The molecule has 0 aliphatic heterocycles. The zero-order valence-corrected chi connectivity index (χ0v) is 8.73. The Morgan fingerprint density at radius 1 is 1.60 bits per heavy atom. The molecular weight excluding hydrogens is 192 g/mol. The first kappa shape index (κ1) is 11.6. The number of aryl methyl sites for hydroxylation is 1. The van der Waals surface area contributed by atoms with Crippen LogP contribution in [0.2, 0.25) is 0 Å². The zero-order chi connectivity index (χ0) is 11.3. The number of nitrogens with one attached hydrogen (secondary N) is 1. The Kier molecular flexibility index (Phi) is 4.20. The van der Waals surface area contributed by atoms with E-state index in [-0.39, 0.29) is 0 Å². The van der Waals surface area contributed by atoms with Gasteiger partial charge in [0.2, 0.25) is 5.91 Å². The molecule has 0 aliphatic rings. The SMILES string of the molecule is Cc1cccc(CNCC(N)C(N)=O)n1. The van der Waals surface area contributed by atoms with Crippen molar-refractivity contribution in [3.05, 3.63) is 29.6 Å². The summed E-state index contributed by atoms with van der Waals surface area (Å²) < 4.78 is 0. The number of pyridine rings is 1. The fourth-order valence-corrected chi connectivity index (χ4v) is 1.15. The van der Waals surface area contributed by atoms with E-state index in [1.807, 2.05) is 25.1 Å². The van der Waals surface area contributed by atoms with Crippen LogP contribution in [-0.2, 0) is 11.3 Å². The molecular formula is C10H16N4O. The molecule has 5 N–H and O–H groups in total. The minimum Gasteiger partial charge on any atom is -0.368 e. The van der Waals surface area contributed by atoms with Gasteiger partial charge in [-0.05, 0) is 19.1 Å². The maximum absolute atomic E-state index is 10.6. The normalized spacial score (nSPS) is 12.4. The summed E-state index contributed by atoms with van der Waals surface area (Å²) in [6.07, 6.45) is 0. The standard InChI is InChI=1S/C10H16N4O/c1-7-3-2-4-8(14-7)5-13-6-9(11)10(12)15/h2-4,9,13H,5-6,11H2,1H3,(H2,12,15). The number of nitrogens with two attached hydrogens (primary N) is 2. The molecule has 0 spiro atoms. The minimum absolute atomic E-state index is 0.366. The van der Waals surface area contributed by atoms with E-state index in [2.05, 4.69) is 10.3 Å². The van der Waals surface area contributed by atoms with Gasteiger partial charge in [0, 0.05) is 18.8 Å². The summed E-state index contributed by atoms with van der Waals surface area (Å²) in [5, 5.41) is 3.02. The van der Waals surface area contributed by atoms with E-state index in [1.165, 1.54) is 0 Å². The third kappa shape index (κ3) is 4.05. The molecule has 1 amide bonds. The molecule has 0 fully saturated rings. The van der Waals surface area contributed by atoms with Gasteiger partial charge in [0.25, 0.3) is 0 Å². The molecule has 0 aromatic carbocycles. The first-order chi connectivity index (χ1) is 7.09. The van der Waals surface area contributed by atoms with Crippen LogP contribution in [0.1, 0.15) is 11.4 Å². The smallest absolute Gasteiger partial charge is 0.235 e. The van der Waals surface area contributed by atoms with Gasteiger partial charge in [-0.25, -0.2) is 0 Å². The Balaban J connectivity index is 2.35. The predicted molar refractivity (Wildman–Crippen MR) is 57.9 cm³/mol. The number of carbonyl (C=O) groups excluding carboxylic acids is 1. The molecule has 1 heterocycles. The summed E-state index contributed by atoms with van der Waals surface area (Å²) in [6, 6.07) is 5.14. The van der Waals surface area contributed by atoms with Crippen molar-refractivity contribution in [1.82, 2.24) is 10.3 Å². The lowest BCUT2D eigenvalue weighted by Crippen LogP contribution is -2.44. The Bertz CT molecular complexity index is 340. The molecule has 82 valence electrons. The number of rotatable bonds is 5. The molecule has 1 aromatic rings. The second-order valence-corrected chi connectivity index (χ2v) is 3.41. The highest BCUT2D eigenvalue weighted by Gasteiger charge is 2.07. The van der Waals surface area contributed by atoms with Crippen molar-refractivity contribution in [3.63, 3.8) is 0 Å². The van der Waals surface area contributed by atoms with Crippen LogP contribution in [0.3, 0.4) is 0 Å². The number of carbonyl (C=O) groups is 1. The third-order valence-corrected chi connectivity index (χ3v) is 1.98. The van der Waals surface area contributed by atoms with Gasteiger partial charge in [0.15, 0.2) is 0 Å². The van der Waals surface area contributed by atoms with Crippen molar-refractivity contribution >= 4 is 5.91 Å². The predicted octanol–water partition coefficient (Wildman–Crippen LogP) is -0.708. The highest BCUT2D eigenvalue weighted by atomic mass is 16.1. The second-order valence-electron chi connectivity index (χ2n) is 3.41. The Labute approximate surface area is 88.9 Å². The van der Waals surface area contributed by atoms with Crippen LogP contribution in [-0.4, -0.2) is 23.5 Å². The van der Waals surface area contributed by atoms with E-state index < -0.39 is 11.9 Å². The van der Waals surface area contributed by atoms with E-state index in [4.69, 9.17) is 11.5 Å². The van der Waals surface area contributed by atoms with Crippen LogP contribution in [0, 0.1) is 6.92 Å². The number of primary amides is 1. The van der Waals surface area contributed by atoms with Crippen molar-refractivity contribution < 1.29 is 4.79 Å². The summed E-state index contributed by atoms with van der Waals surface area (Å²) in [6.45, 7) is 2.88. The summed E-state index contributed by atoms with van der Waals surface area (Å²) in [5.74, 6) is -0.500. The highest BCUT2D eigenvalue weighted by molar-refractivity contribution is 5.79. The Hall–Kier alpha value is -1.46. The zero-order valence-electron chi connectivity index (χ0n) is 8.73. The monoisotopic (exact) mass is 208 g/mol. The van der Waals surface area contributed by atoms with Crippen molar-refractivity contribution in [2.75, 3.05) is 6.54 Å². The molecule has 5 heteroatoms. The Morgan fingerprint density at radius 2 is 2.33 bits per heavy atom. The van der Waals surface area contributed by atoms with E-state index >= 15 is 0 Å². The van der Waals surface area contributed by atoms with Crippen LogP contribution < -0.4 is 16.8 Å². The molecule has 0 radical (unpaired) electrons. The van der Waals surface area contributed by atoms with Crippen LogP contribution in [0.4, 0.5) is 0 Å². The van der Waals surface area contributed by atoms with Gasteiger partial charge in [0.05, 0.1) is 11.7 Å².